The average molecular weight is 235 g/mol. The molecule has 0 aliphatic heterocycles. The van der Waals surface area contributed by atoms with Gasteiger partial charge in [-0.1, -0.05) is 30.3 Å². The van der Waals surface area contributed by atoms with E-state index in [9.17, 15) is 8.78 Å². The van der Waals surface area contributed by atoms with Crippen LogP contribution < -0.4 is 4.74 Å². The van der Waals surface area contributed by atoms with Gasteiger partial charge in [-0.05, 0) is 29.8 Å². The summed E-state index contributed by atoms with van der Waals surface area (Å²) in [6, 6.07) is 14.9. The Morgan fingerprint density at radius 1 is 1.00 bits per heavy atom. The average Bonchev–Trinajstić information content (AvgIpc) is 2.37. The summed E-state index contributed by atoms with van der Waals surface area (Å²) >= 11 is 0. The van der Waals surface area contributed by atoms with Gasteiger partial charge in [0.1, 0.15) is 13.7 Å². The molecule has 1 nitrogen and oxygen atoms in total. The molecule has 0 spiro atoms. The van der Waals surface area contributed by atoms with Gasteiger partial charge in [-0.15, -0.1) is 0 Å². The minimum Gasteiger partial charge on any atom is -0.489 e. The molecule has 3 heteroatoms. The predicted molar refractivity (Wildman–Crippen MR) is 62.2 cm³/mol. The molecule has 0 atom stereocenters. The Bertz CT molecular complexity index is 491. The Hall–Kier alpha value is -1.90. The molecular weight excluding hydrogens is 222 g/mol. The van der Waals surface area contributed by atoms with Crippen molar-refractivity contribution in [3.63, 3.8) is 0 Å². The third kappa shape index (κ3) is 3.28. The molecule has 2 aromatic carbocycles. The van der Waals surface area contributed by atoms with Gasteiger partial charge in [0.25, 0.3) is 6.40 Å². The van der Waals surface area contributed by atoms with E-state index in [4.69, 9.17) is 6.11 Å². The van der Waals surface area contributed by atoms with Crippen LogP contribution in [0.3, 0.4) is 0 Å². The maximum Gasteiger partial charge on any atom is 0.263 e. The van der Waals surface area contributed by atoms with Gasteiger partial charge in [0.2, 0.25) is 0 Å². The van der Waals surface area contributed by atoms with Crippen LogP contribution in [-0.2, 0) is 6.61 Å². The molecule has 0 aliphatic rings. The fourth-order valence-electron chi connectivity index (χ4n) is 1.42. The summed E-state index contributed by atoms with van der Waals surface area (Å²) in [5.41, 5.74) is 0.668. The standard InChI is InChI=1S/C14H12F2O/c15-14(16)12-6-8-13(9-7-12)17-10-11-4-2-1-3-5-11/h1-9,14H,10H2/i14D. The van der Waals surface area contributed by atoms with Crippen molar-refractivity contribution < 1.29 is 14.9 Å². The summed E-state index contributed by atoms with van der Waals surface area (Å²) in [4.78, 5) is 0. The molecule has 0 aromatic heterocycles. The van der Waals surface area contributed by atoms with Gasteiger partial charge in [-0.25, -0.2) is 8.78 Å². The van der Waals surface area contributed by atoms with Crippen LogP contribution in [0, 0.1) is 0 Å². The summed E-state index contributed by atoms with van der Waals surface area (Å²) in [6.07, 6.45) is -3.56. The number of benzene rings is 2. The van der Waals surface area contributed by atoms with Crippen LogP contribution in [0.5, 0.6) is 5.75 Å². The lowest BCUT2D eigenvalue weighted by atomic mass is 10.2. The van der Waals surface area contributed by atoms with Gasteiger partial charge >= 0.3 is 0 Å². The Labute approximate surface area is 100 Å². The van der Waals surface area contributed by atoms with Crippen molar-refractivity contribution in [1.82, 2.24) is 0 Å². The Kier molecular flexibility index (Phi) is 3.28. The molecule has 0 saturated carbocycles. The van der Waals surface area contributed by atoms with E-state index in [1.165, 1.54) is 24.3 Å². The summed E-state index contributed by atoms with van der Waals surface area (Å²) in [5.74, 6) is 0.506. The van der Waals surface area contributed by atoms with Gasteiger partial charge in [-0.2, -0.15) is 0 Å². The molecule has 17 heavy (non-hydrogen) atoms. The zero-order valence-corrected chi connectivity index (χ0v) is 9.07. The maximum absolute atomic E-state index is 12.7. The maximum atomic E-state index is 12.7. The summed E-state index contributed by atoms with van der Waals surface area (Å²) in [7, 11) is 0. The van der Waals surface area contributed by atoms with E-state index < -0.39 is 6.40 Å². The van der Waals surface area contributed by atoms with E-state index >= 15 is 0 Å². The monoisotopic (exact) mass is 235 g/mol. The highest BCUT2D eigenvalue weighted by Crippen LogP contribution is 2.21. The van der Waals surface area contributed by atoms with Gasteiger partial charge in [0.05, 0.1) is 0 Å². The van der Waals surface area contributed by atoms with E-state index in [2.05, 4.69) is 0 Å². The second-order valence-electron chi connectivity index (χ2n) is 3.56. The molecule has 0 amide bonds. The van der Waals surface area contributed by atoms with E-state index in [-0.39, 0.29) is 5.56 Å². The van der Waals surface area contributed by atoms with Crippen LogP contribution in [0.2, 0.25) is 0 Å². The van der Waals surface area contributed by atoms with Gasteiger partial charge in [0.15, 0.2) is 0 Å². The molecule has 88 valence electrons. The quantitative estimate of drug-likeness (QED) is 0.771. The minimum absolute atomic E-state index is 0.338. The molecule has 0 heterocycles. The number of hydrogen-bond acceptors (Lipinski definition) is 1. The van der Waals surface area contributed by atoms with Crippen LogP contribution in [0.1, 0.15) is 18.9 Å². The molecule has 2 rings (SSSR count). The van der Waals surface area contributed by atoms with Crippen molar-refractivity contribution in [2.24, 2.45) is 0 Å². The van der Waals surface area contributed by atoms with Crippen molar-refractivity contribution >= 4 is 0 Å². The van der Waals surface area contributed by atoms with Gasteiger partial charge < -0.3 is 4.74 Å². The van der Waals surface area contributed by atoms with Crippen LogP contribution in [0.4, 0.5) is 8.78 Å². The van der Waals surface area contributed by atoms with E-state index in [1.807, 2.05) is 30.3 Å². The first-order valence-corrected chi connectivity index (χ1v) is 5.21. The Morgan fingerprint density at radius 2 is 1.65 bits per heavy atom. The fourth-order valence-corrected chi connectivity index (χ4v) is 1.42. The molecular formula is C14H12F2O. The van der Waals surface area contributed by atoms with Crippen LogP contribution in [0.15, 0.2) is 54.6 Å². The topological polar surface area (TPSA) is 9.23 Å². The zero-order chi connectivity index (χ0) is 13.0. The van der Waals surface area contributed by atoms with Crippen LogP contribution >= 0.6 is 0 Å². The highest BCUT2D eigenvalue weighted by Gasteiger charge is 2.05. The first-order valence-electron chi connectivity index (χ1n) is 5.71. The van der Waals surface area contributed by atoms with Crippen LogP contribution in [-0.4, -0.2) is 0 Å². The van der Waals surface area contributed by atoms with Crippen molar-refractivity contribution in [2.45, 2.75) is 13.0 Å². The lowest BCUT2D eigenvalue weighted by Gasteiger charge is -2.07. The van der Waals surface area contributed by atoms with Crippen molar-refractivity contribution in [2.75, 3.05) is 0 Å². The lowest BCUT2D eigenvalue weighted by Crippen LogP contribution is -1.95. The SMILES string of the molecule is [2H]C(F)(F)c1ccc(OCc2ccccc2)cc1. The van der Waals surface area contributed by atoms with E-state index in [0.29, 0.717) is 12.4 Å². The summed E-state index contributed by atoms with van der Waals surface area (Å²) < 4.78 is 37.4. The molecule has 0 radical (unpaired) electrons. The smallest absolute Gasteiger partial charge is 0.263 e. The largest absolute Gasteiger partial charge is 0.489 e. The highest BCUT2D eigenvalue weighted by atomic mass is 19.3. The minimum atomic E-state index is -3.56. The van der Waals surface area contributed by atoms with Crippen molar-refractivity contribution in [3.05, 3.63) is 65.7 Å². The van der Waals surface area contributed by atoms with Crippen LogP contribution in [0.25, 0.3) is 0 Å². The van der Waals surface area contributed by atoms with Gasteiger partial charge in [-0.3, -0.25) is 0 Å². The highest BCUT2D eigenvalue weighted by molar-refractivity contribution is 5.28. The molecule has 0 N–H and O–H groups in total. The van der Waals surface area contributed by atoms with E-state index in [1.54, 1.807) is 0 Å². The Morgan fingerprint density at radius 3 is 2.24 bits per heavy atom. The molecule has 0 fully saturated rings. The normalized spacial score (nSPS) is 12.0. The second kappa shape index (κ2) is 5.43. The summed E-state index contributed by atoms with van der Waals surface area (Å²) in [6.45, 7) is 0.386. The van der Waals surface area contributed by atoms with E-state index in [0.717, 1.165) is 5.56 Å². The Balaban J connectivity index is 1.99. The molecule has 2 aromatic rings. The lowest BCUT2D eigenvalue weighted by molar-refractivity contribution is 0.151. The molecule has 0 bridgehead atoms. The number of ether oxygens (including phenoxy) is 1. The molecule has 0 unspecified atom stereocenters. The van der Waals surface area contributed by atoms with Gasteiger partial charge in [0, 0.05) is 5.56 Å². The third-order valence-electron chi connectivity index (χ3n) is 2.32. The molecule has 0 aliphatic carbocycles. The zero-order valence-electron chi connectivity index (χ0n) is 10.1. The number of hydrogen-bond donors (Lipinski definition) is 0. The van der Waals surface area contributed by atoms with Crippen molar-refractivity contribution in [1.29, 1.82) is 0 Å². The first-order chi connectivity index (χ1) is 8.55. The number of halogens is 2. The fraction of sp³-hybridized carbons (Fsp3) is 0.143. The predicted octanol–water partition coefficient (Wildman–Crippen LogP) is 4.20. The number of alkyl halides is 2. The second-order valence-corrected chi connectivity index (χ2v) is 3.56. The molecule has 0 saturated heterocycles. The number of rotatable bonds is 4. The third-order valence-corrected chi connectivity index (χ3v) is 2.32. The van der Waals surface area contributed by atoms with Crippen molar-refractivity contribution in [3.8, 4) is 5.75 Å². The first kappa shape index (κ1) is 10.3. The summed E-state index contributed by atoms with van der Waals surface area (Å²) in [5, 5.41) is 0.